The lowest BCUT2D eigenvalue weighted by atomic mass is 10.2. The van der Waals surface area contributed by atoms with Gasteiger partial charge in [-0.3, -0.25) is 4.98 Å². The minimum absolute atomic E-state index is 0.133. The Hall–Kier alpha value is -2.27. The molecule has 126 valence electrons. The molecule has 6 heteroatoms. The Morgan fingerprint density at radius 3 is 3.04 bits per heavy atom. The predicted octanol–water partition coefficient (Wildman–Crippen LogP) is 3.12. The van der Waals surface area contributed by atoms with Crippen LogP contribution in [0.2, 0.25) is 5.02 Å². The van der Waals surface area contributed by atoms with Gasteiger partial charge in [-0.2, -0.15) is 0 Å². The zero-order valence-corrected chi connectivity index (χ0v) is 14.4. The number of hydrogen-bond acceptors (Lipinski definition) is 3. The van der Waals surface area contributed by atoms with Crippen molar-refractivity contribution in [3.05, 3.63) is 58.9 Å². The maximum atomic E-state index is 12.1. The molecule has 3 rings (SSSR count). The summed E-state index contributed by atoms with van der Waals surface area (Å²) in [4.78, 5) is 18.6. The zero-order valence-electron chi connectivity index (χ0n) is 13.6. The van der Waals surface area contributed by atoms with Gasteiger partial charge in [-0.15, -0.1) is 0 Å². The Morgan fingerprint density at radius 2 is 2.25 bits per heavy atom. The summed E-state index contributed by atoms with van der Waals surface area (Å²) >= 11 is 6.04. The lowest BCUT2D eigenvalue weighted by Gasteiger charge is -2.19. The number of carbonyl (C=O) groups is 1. The fourth-order valence-corrected chi connectivity index (χ4v) is 3.07. The van der Waals surface area contributed by atoms with Gasteiger partial charge in [0.1, 0.15) is 0 Å². The van der Waals surface area contributed by atoms with Gasteiger partial charge >= 0.3 is 6.03 Å². The molecule has 24 heavy (non-hydrogen) atoms. The third-order valence-corrected chi connectivity index (χ3v) is 4.47. The van der Waals surface area contributed by atoms with E-state index in [0.717, 1.165) is 41.5 Å². The molecule has 1 aromatic heterocycles. The largest absolute Gasteiger partial charge is 0.369 e. The quantitative estimate of drug-likeness (QED) is 0.896. The van der Waals surface area contributed by atoms with E-state index in [-0.39, 0.29) is 12.1 Å². The third-order valence-electron chi connectivity index (χ3n) is 4.23. The second kappa shape index (κ2) is 7.53. The van der Waals surface area contributed by atoms with Crippen LogP contribution >= 0.6 is 11.6 Å². The van der Waals surface area contributed by atoms with Crippen LogP contribution in [-0.2, 0) is 6.54 Å². The number of aromatic nitrogens is 1. The molecule has 1 saturated heterocycles. The van der Waals surface area contributed by atoms with Gasteiger partial charge in [0.15, 0.2) is 0 Å². The molecule has 1 aliphatic rings. The minimum Gasteiger partial charge on any atom is -0.369 e. The summed E-state index contributed by atoms with van der Waals surface area (Å²) in [6.07, 6.45) is 2.66. The van der Waals surface area contributed by atoms with Crippen LogP contribution in [0.3, 0.4) is 0 Å². The summed E-state index contributed by atoms with van der Waals surface area (Å²) in [5, 5.41) is 6.64. The Morgan fingerprint density at radius 1 is 1.38 bits per heavy atom. The lowest BCUT2D eigenvalue weighted by molar-refractivity contribution is 0.237. The second-order valence-corrected chi connectivity index (χ2v) is 6.44. The predicted molar refractivity (Wildman–Crippen MR) is 96.4 cm³/mol. The maximum Gasteiger partial charge on any atom is 0.315 e. The normalized spacial score (nSPS) is 16.9. The van der Waals surface area contributed by atoms with Crippen molar-refractivity contribution in [2.45, 2.75) is 25.9 Å². The molecule has 1 aromatic carbocycles. The van der Waals surface area contributed by atoms with Crippen LogP contribution in [-0.4, -0.2) is 30.1 Å². The summed E-state index contributed by atoms with van der Waals surface area (Å²) in [5.74, 6) is 0. The number of benzene rings is 1. The van der Waals surface area contributed by atoms with Crippen LogP contribution in [0, 0.1) is 6.92 Å². The first-order valence-electron chi connectivity index (χ1n) is 8.07. The van der Waals surface area contributed by atoms with Crippen LogP contribution in [0.1, 0.15) is 17.7 Å². The summed E-state index contributed by atoms with van der Waals surface area (Å²) in [6.45, 7) is 4.12. The first kappa shape index (κ1) is 16.6. The number of rotatable bonds is 4. The van der Waals surface area contributed by atoms with Gasteiger partial charge in [0.05, 0.1) is 12.2 Å². The van der Waals surface area contributed by atoms with E-state index in [4.69, 9.17) is 11.6 Å². The van der Waals surface area contributed by atoms with Gasteiger partial charge in [0, 0.05) is 36.0 Å². The molecule has 1 aliphatic heterocycles. The summed E-state index contributed by atoms with van der Waals surface area (Å²) in [6, 6.07) is 11.7. The molecular formula is C18H21ClN4O. The van der Waals surface area contributed by atoms with Crippen molar-refractivity contribution in [2.24, 2.45) is 0 Å². The number of amides is 2. The van der Waals surface area contributed by atoms with E-state index in [1.54, 1.807) is 6.20 Å². The molecule has 2 amide bonds. The average molecular weight is 345 g/mol. The molecule has 5 nitrogen and oxygen atoms in total. The van der Waals surface area contributed by atoms with Crippen LogP contribution in [0.15, 0.2) is 42.6 Å². The first-order chi connectivity index (χ1) is 11.6. The van der Waals surface area contributed by atoms with Gasteiger partial charge in [0.2, 0.25) is 0 Å². The SMILES string of the molecule is Cc1cccnc1CNC(=O)NC1CCN(c2cccc(Cl)c2)C1. The van der Waals surface area contributed by atoms with Crippen molar-refractivity contribution in [3.8, 4) is 0 Å². The number of urea groups is 1. The van der Waals surface area contributed by atoms with Crippen molar-refractivity contribution in [2.75, 3.05) is 18.0 Å². The van der Waals surface area contributed by atoms with Crippen LogP contribution in [0.5, 0.6) is 0 Å². The topological polar surface area (TPSA) is 57.3 Å². The summed E-state index contributed by atoms with van der Waals surface area (Å²) < 4.78 is 0. The number of pyridine rings is 1. The molecule has 0 saturated carbocycles. The Bertz CT molecular complexity index is 722. The highest BCUT2D eigenvalue weighted by Crippen LogP contribution is 2.23. The number of aryl methyl sites for hydroxylation is 1. The Labute approximate surface area is 147 Å². The van der Waals surface area contributed by atoms with E-state index in [1.807, 2.05) is 43.3 Å². The number of nitrogens with one attached hydrogen (secondary N) is 2. The monoisotopic (exact) mass is 344 g/mol. The van der Waals surface area contributed by atoms with E-state index in [0.29, 0.717) is 6.54 Å². The molecule has 1 unspecified atom stereocenters. The van der Waals surface area contributed by atoms with Crippen LogP contribution in [0.25, 0.3) is 0 Å². The van der Waals surface area contributed by atoms with E-state index in [9.17, 15) is 4.79 Å². The molecule has 2 N–H and O–H groups in total. The smallest absolute Gasteiger partial charge is 0.315 e. The average Bonchev–Trinajstić information content (AvgIpc) is 3.02. The highest BCUT2D eigenvalue weighted by molar-refractivity contribution is 6.30. The molecule has 0 aliphatic carbocycles. The van der Waals surface area contributed by atoms with Crippen LogP contribution < -0.4 is 15.5 Å². The van der Waals surface area contributed by atoms with Gasteiger partial charge in [-0.1, -0.05) is 23.7 Å². The molecule has 0 bridgehead atoms. The van der Waals surface area contributed by atoms with Crippen LogP contribution in [0.4, 0.5) is 10.5 Å². The standard InChI is InChI=1S/C18H21ClN4O/c1-13-4-3-8-20-17(13)11-21-18(24)22-15-7-9-23(12-15)16-6-2-5-14(19)10-16/h2-6,8,10,15H,7,9,11-12H2,1H3,(H2,21,22,24). The highest BCUT2D eigenvalue weighted by atomic mass is 35.5. The molecule has 1 atom stereocenters. The number of halogens is 1. The fraction of sp³-hybridized carbons (Fsp3) is 0.333. The summed E-state index contributed by atoms with van der Waals surface area (Å²) in [7, 11) is 0. The molecule has 1 fully saturated rings. The number of anilines is 1. The van der Waals surface area contributed by atoms with E-state index in [1.165, 1.54) is 0 Å². The zero-order chi connectivity index (χ0) is 16.9. The van der Waals surface area contributed by atoms with Crippen molar-refractivity contribution in [1.82, 2.24) is 15.6 Å². The highest BCUT2D eigenvalue weighted by Gasteiger charge is 2.24. The maximum absolute atomic E-state index is 12.1. The van der Waals surface area contributed by atoms with E-state index in [2.05, 4.69) is 20.5 Å². The number of hydrogen-bond donors (Lipinski definition) is 2. The van der Waals surface area contributed by atoms with E-state index < -0.39 is 0 Å². The molecule has 2 aromatic rings. The van der Waals surface area contributed by atoms with Crippen molar-refractivity contribution in [1.29, 1.82) is 0 Å². The summed E-state index contributed by atoms with van der Waals surface area (Å²) in [5.41, 5.74) is 3.06. The molecular weight excluding hydrogens is 324 g/mol. The lowest BCUT2D eigenvalue weighted by Crippen LogP contribution is -2.43. The number of carbonyl (C=O) groups excluding carboxylic acids is 1. The molecule has 0 spiro atoms. The van der Waals surface area contributed by atoms with Crippen molar-refractivity contribution in [3.63, 3.8) is 0 Å². The van der Waals surface area contributed by atoms with Gasteiger partial charge in [-0.25, -0.2) is 4.79 Å². The molecule has 2 heterocycles. The van der Waals surface area contributed by atoms with Gasteiger partial charge in [-0.05, 0) is 43.2 Å². The Kier molecular flexibility index (Phi) is 5.20. The van der Waals surface area contributed by atoms with Crippen molar-refractivity contribution < 1.29 is 4.79 Å². The minimum atomic E-state index is -0.155. The van der Waals surface area contributed by atoms with E-state index >= 15 is 0 Å². The second-order valence-electron chi connectivity index (χ2n) is 6.01. The third kappa shape index (κ3) is 4.17. The fourth-order valence-electron chi connectivity index (χ4n) is 2.89. The first-order valence-corrected chi connectivity index (χ1v) is 8.45. The van der Waals surface area contributed by atoms with Gasteiger partial charge in [0.25, 0.3) is 0 Å². The molecule has 0 radical (unpaired) electrons. The van der Waals surface area contributed by atoms with Gasteiger partial charge < -0.3 is 15.5 Å². The number of nitrogens with zero attached hydrogens (tertiary/aromatic N) is 2. The van der Waals surface area contributed by atoms with Crippen molar-refractivity contribution >= 4 is 23.3 Å². The Balaban J connectivity index is 1.48.